The van der Waals surface area contributed by atoms with Crippen molar-refractivity contribution in [2.45, 2.75) is 41.2 Å². The predicted molar refractivity (Wildman–Crippen MR) is 98.1 cm³/mol. The third-order valence-corrected chi connectivity index (χ3v) is 3.18. The van der Waals surface area contributed by atoms with Gasteiger partial charge in [-0.15, -0.1) is 0 Å². The average Bonchev–Trinajstić information content (AvgIpc) is 2.77. The summed E-state index contributed by atoms with van der Waals surface area (Å²) in [6.45, 7) is 4.00. The molecule has 0 saturated carbocycles. The molecule has 2 aromatic rings. The van der Waals surface area contributed by atoms with E-state index in [2.05, 4.69) is 16.7 Å². The highest BCUT2D eigenvalue weighted by Crippen LogP contribution is 2.21. The molecule has 0 aliphatic heterocycles. The van der Waals surface area contributed by atoms with Gasteiger partial charge in [0.15, 0.2) is 0 Å². The molecule has 2 rings (SSSR count). The summed E-state index contributed by atoms with van der Waals surface area (Å²) in [7, 11) is 5.46. The Bertz CT molecular complexity index is 573. The van der Waals surface area contributed by atoms with Crippen molar-refractivity contribution in [2.75, 3.05) is 14.1 Å². The number of carbonyl (C=O) groups is 1. The van der Waals surface area contributed by atoms with Crippen LogP contribution in [0.5, 0.6) is 0 Å². The van der Waals surface area contributed by atoms with E-state index in [0.717, 1.165) is 11.1 Å². The lowest BCUT2D eigenvalue weighted by atomic mass is 10.0. The minimum Gasteiger partial charge on any atom is -0.350 e. The Kier molecular flexibility index (Phi) is 10.2. The first-order valence-electron chi connectivity index (χ1n) is 7.00. The van der Waals surface area contributed by atoms with Crippen molar-refractivity contribution in [1.29, 1.82) is 0 Å². The van der Waals surface area contributed by atoms with Gasteiger partial charge >= 0.3 is 0 Å². The molecule has 0 saturated heterocycles. The Morgan fingerprint density at radius 3 is 2.32 bits per heavy atom. The van der Waals surface area contributed by atoms with Crippen LogP contribution in [0.2, 0.25) is 0 Å². The average molecular weight is 307 g/mol. The number of amides is 1. The summed E-state index contributed by atoms with van der Waals surface area (Å²) < 4.78 is 2.07. The minimum absolute atomic E-state index is 0. The first-order valence-corrected chi connectivity index (χ1v) is 7.00. The Morgan fingerprint density at radius 1 is 1.23 bits per heavy atom. The van der Waals surface area contributed by atoms with Gasteiger partial charge in [0.2, 0.25) is 5.91 Å². The summed E-state index contributed by atoms with van der Waals surface area (Å²) >= 11 is 0. The predicted octanol–water partition coefficient (Wildman–Crippen LogP) is 3.43. The largest absolute Gasteiger partial charge is 0.350 e. The zero-order chi connectivity index (χ0) is 15.3. The van der Waals surface area contributed by atoms with Crippen LogP contribution in [0.4, 0.5) is 0 Å². The van der Waals surface area contributed by atoms with Gasteiger partial charge in [0, 0.05) is 38.2 Å². The molecule has 0 fully saturated rings. The smallest absolute Gasteiger partial charge is 0.239 e. The number of rotatable bonds is 3. The van der Waals surface area contributed by atoms with Gasteiger partial charge in [-0.25, -0.2) is 0 Å². The van der Waals surface area contributed by atoms with E-state index in [4.69, 9.17) is 5.73 Å². The van der Waals surface area contributed by atoms with E-state index < -0.39 is 6.04 Å². The molecule has 0 radical (unpaired) electrons. The van der Waals surface area contributed by atoms with E-state index in [1.54, 1.807) is 14.1 Å². The molecule has 1 heterocycles. The Hall–Kier alpha value is -1.81. The number of hydrogen-bond acceptors (Lipinski definition) is 2. The number of likely N-dealkylation sites (N-methyl/N-ethyl adjacent to an activating group) is 1. The Labute approximate surface area is 135 Å². The molecule has 0 aliphatic carbocycles. The highest BCUT2D eigenvalue weighted by atomic mass is 16.2. The van der Waals surface area contributed by atoms with Crippen LogP contribution in [0, 0.1) is 0 Å². The maximum atomic E-state index is 11.8. The molecule has 4 heteroatoms. The molecule has 22 heavy (non-hydrogen) atoms. The zero-order valence-electron chi connectivity index (χ0n) is 13.1. The normalized spacial score (nSPS) is 10.6. The van der Waals surface area contributed by atoms with Gasteiger partial charge in [0.05, 0.1) is 6.04 Å². The molecule has 1 amide bonds. The van der Waals surface area contributed by atoms with E-state index in [0.29, 0.717) is 6.42 Å². The van der Waals surface area contributed by atoms with Crippen molar-refractivity contribution in [3.05, 3.63) is 36.0 Å². The lowest BCUT2D eigenvalue weighted by molar-refractivity contribution is -0.130. The number of nitrogens with zero attached hydrogens (tertiary/aromatic N) is 2. The van der Waals surface area contributed by atoms with Crippen LogP contribution in [-0.4, -0.2) is 35.5 Å². The van der Waals surface area contributed by atoms with Crippen molar-refractivity contribution < 1.29 is 4.79 Å². The van der Waals surface area contributed by atoms with Gasteiger partial charge in [0.25, 0.3) is 0 Å². The fraction of sp³-hybridized carbons (Fsp3) is 0.500. The summed E-state index contributed by atoms with van der Waals surface area (Å²) in [6, 6.07) is 7.67. The number of aromatic nitrogens is 1. The summed E-state index contributed by atoms with van der Waals surface area (Å²) in [5.74, 6) is -0.0389. The molecule has 4 nitrogen and oxygen atoms in total. The SMILES string of the molecule is C.C.CC.CN(C)C(=O)C(N)Cc1cn(C)c2ccccc12. The number of nitrogens with two attached hydrogens (primary N) is 1. The summed E-state index contributed by atoms with van der Waals surface area (Å²) in [4.78, 5) is 13.3. The van der Waals surface area contributed by atoms with Crippen LogP contribution in [0.15, 0.2) is 30.5 Å². The fourth-order valence-electron chi connectivity index (χ4n) is 2.24. The molecular formula is C18H33N3O. The number of carbonyl (C=O) groups excluding carboxylic acids is 1. The van der Waals surface area contributed by atoms with E-state index in [9.17, 15) is 4.79 Å². The van der Waals surface area contributed by atoms with Crippen LogP contribution >= 0.6 is 0 Å². The maximum absolute atomic E-state index is 11.8. The zero-order valence-corrected chi connectivity index (χ0v) is 13.1. The third kappa shape index (κ3) is 4.88. The summed E-state index contributed by atoms with van der Waals surface area (Å²) in [5.41, 5.74) is 8.23. The van der Waals surface area contributed by atoms with Crippen molar-refractivity contribution in [1.82, 2.24) is 9.47 Å². The Balaban J connectivity index is 0. The van der Waals surface area contributed by atoms with Crippen LogP contribution in [0.25, 0.3) is 10.9 Å². The standard InChI is InChI=1S/C14H19N3O.C2H6.2CH4/c1-16(2)14(18)12(15)8-10-9-17(3)13-7-5-4-6-11(10)13;1-2;;/h4-7,9,12H,8,15H2,1-3H3;1-2H3;2*1H4. The van der Waals surface area contributed by atoms with Crippen molar-refractivity contribution in [3.63, 3.8) is 0 Å². The minimum atomic E-state index is -0.481. The molecule has 0 spiro atoms. The number of benzene rings is 1. The maximum Gasteiger partial charge on any atom is 0.239 e. The van der Waals surface area contributed by atoms with Gasteiger partial charge in [-0.3, -0.25) is 4.79 Å². The van der Waals surface area contributed by atoms with E-state index in [-0.39, 0.29) is 20.8 Å². The first-order chi connectivity index (χ1) is 9.50. The second kappa shape index (κ2) is 10.0. The van der Waals surface area contributed by atoms with Crippen molar-refractivity contribution in [2.24, 2.45) is 12.8 Å². The van der Waals surface area contributed by atoms with Crippen LogP contribution in [0.1, 0.15) is 34.3 Å². The second-order valence-electron chi connectivity index (χ2n) is 4.83. The molecular weight excluding hydrogens is 274 g/mol. The molecule has 1 aromatic heterocycles. The van der Waals surface area contributed by atoms with E-state index in [1.165, 1.54) is 10.3 Å². The number of hydrogen-bond donors (Lipinski definition) is 1. The van der Waals surface area contributed by atoms with Crippen LogP contribution in [0.3, 0.4) is 0 Å². The quantitative estimate of drug-likeness (QED) is 0.944. The summed E-state index contributed by atoms with van der Waals surface area (Å²) in [5, 5.41) is 1.17. The molecule has 1 unspecified atom stereocenters. The Morgan fingerprint density at radius 2 is 1.77 bits per heavy atom. The van der Waals surface area contributed by atoms with E-state index in [1.807, 2.05) is 39.2 Å². The molecule has 126 valence electrons. The molecule has 2 N–H and O–H groups in total. The van der Waals surface area contributed by atoms with Crippen LogP contribution in [-0.2, 0) is 18.3 Å². The second-order valence-corrected chi connectivity index (χ2v) is 4.83. The van der Waals surface area contributed by atoms with Crippen molar-refractivity contribution in [3.8, 4) is 0 Å². The molecule has 1 aromatic carbocycles. The molecule has 0 bridgehead atoms. The first kappa shape index (κ1) is 22.5. The number of para-hydroxylation sites is 1. The van der Waals surface area contributed by atoms with E-state index >= 15 is 0 Å². The lowest BCUT2D eigenvalue weighted by Crippen LogP contribution is -2.41. The molecule has 1 atom stereocenters. The number of fused-ring (bicyclic) bond motifs is 1. The lowest BCUT2D eigenvalue weighted by Gasteiger charge is -2.16. The topological polar surface area (TPSA) is 51.3 Å². The third-order valence-electron chi connectivity index (χ3n) is 3.18. The van der Waals surface area contributed by atoms with Crippen LogP contribution < -0.4 is 5.73 Å². The fourth-order valence-corrected chi connectivity index (χ4v) is 2.24. The van der Waals surface area contributed by atoms with Crippen molar-refractivity contribution >= 4 is 16.8 Å². The van der Waals surface area contributed by atoms with Gasteiger partial charge in [-0.2, -0.15) is 0 Å². The van der Waals surface area contributed by atoms with Gasteiger partial charge < -0.3 is 15.2 Å². The highest BCUT2D eigenvalue weighted by molar-refractivity contribution is 5.86. The van der Waals surface area contributed by atoms with Gasteiger partial charge in [0.1, 0.15) is 0 Å². The van der Waals surface area contributed by atoms with Gasteiger partial charge in [-0.1, -0.05) is 46.9 Å². The monoisotopic (exact) mass is 307 g/mol. The highest BCUT2D eigenvalue weighted by Gasteiger charge is 2.18. The van der Waals surface area contributed by atoms with Gasteiger partial charge in [-0.05, 0) is 18.1 Å². The summed E-state index contributed by atoms with van der Waals surface area (Å²) in [6.07, 6.45) is 2.62. The molecule has 0 aliphatic rings. The number of aryl methyl sites for hydroxylation is 1.